The highest BCUT2D eigenvalue weighted by Gasteiger charge is 2.29. The van der Waals surface area contributed by atoms with Crippen LogP contribution in [0.25, 0.3) is 22.8 Å². The average molecular weight is 1520 g/mol. The number of rotatable bonds is 18. The SMILES string of the molecule is CC(C)(C)OC(=O)N1CCC(C(=O)O)CC1.CNOC.COC(=C(C#N)C#N)c1ccc(Oc2ccccc2)cc1.COC(OC)OC.N#CC(C#N)=C(O)c1ccc(Oc2ccccc2)cc1.N#CCC#N.N#Cc1c(N)n[nH]c1-c1ccc(Oc2ccccc2)cc1.NN.O=C(O)c1ccc(Oc2ccccc2)cc1. The first kappa shape index (κ1) is 93.5. The van der Waals surface area contributed by atoms with Gasteiger partial charge in [0, 0.05) is 58.2 Å². The highest BCUT2D eigenvalue weighted by Crippen LogP contribution is 2.30. The summed E-state index contributed by atoms with van der Waals surface area (Å²) < 4.78 is 46.7. The molecule has 8 aromatic carbocycles. The minimum absolute atomic E-state index is 0. The summed E-state index contributed by atoms with van der Waals surface area (Å²) in [4.78, 5) is 38.9. The predicted molar refractivity (Wildman–Crippen MR) is 415 cm³/mol. The summed E-state index contributed by atoms with van der Waals surface area (Å²) >= 11 is 0. The number of carboxylic acids is 2. The number of aliphatic hydroxyl groups is 1. The van der Waals surface area contributed by atoms with Gasteiger partial charge in [0.25, 0.3) is 6.48 Å². The van der Waals surface area contributed by atoms with Crippen LogP contribution in [0.2, 0.25) is 0 Å². The minimum Gasteiger partial charge on any atom is -0.505 e. The Morgan fingerprint density at radius 2 is 0.866 bits per heavy atom. The molecule has 2 heterocycles. The fourth-order valence-corrected chi connectivity index (χ4v) is 8.61. The smallest absolute Gasteiger partial charge is 0.410 e. The molecular formula is C82H86N14O16. The number of anilines is 1. The average Bonchev–Trinajstić information content (AvgIpc) is 1.61. The number of aromatic amines is 1. The molecular weight excluding hydrogens is 1440 g/mol. The lowest BCUT2D eigenvalue weighted by atomic mass is 9.97. The molecule has 9 aromatic rings. The maximum atomic E-state index is 11.6. The lowest BCUT2D eigenvalue weighted by Crippen LogP contribution is -2.42. The number of aliphatic carboxylic acids is 1. The van der Waals surface area contributed by atoms with Gasteiger partial charge in [-0.3, -0.25) is 21.6 Å². The van der Waals surface area contributed by atoms with Crippen molar-refractivity contribution >= 4 is 35.4 Å². The second kappa shape index (κ2) is 54.1. The van der Waals surface area contributed by atoms with Crippen LogP contribution in [0.3, 0.4) is 0 Å². The number of aliphatic hydroxyl groups excluding tert-OH is 1. The number of methoxy groups -OCH3 is 4. The van der Waals surface area contributed by atoms with Gasteiger partial charge in [-0.05, 0) is 179 Å². The van der Waals surface area contributed by atoms with Crippen LogP contribution in [-0.2, 0) is 33.3 Å². The lowest BCUT2D eigenvalue weighted by molar-refractivity contribution is -0.252. The van der Waals surface area contributed by atoms with Gasteiger partial charge >= 0.3 is 18.0 Å². The Balaban J connectivity index is 0.000000451. The molecule has 1 aromatic heterocycles. The van der Waals surface area contributed by atoms with E-state index in [1.54, 1.807) is 104 Å². The molecule has 10 rings (SSSR count). The molecule has 1 saturated heterocycles. The summed E-state index contributed by atoms with van der Waals surface area (Å²) in [7, 11) is 9.24. The van der Waals surface area contributed by atoms with E-state index in [0.717, 1.165) is 28.6 Å². The molecule has 11 N–H and O–H groups in total. The van der Waals surface area contributed by atoms with Gasteiger partial charge in [-0.1, -0.05) is 72.8 Å². The van der Waals surface area contributed by atoms with Crippen LogP contribution in [0.1, 0.15) is 67.1 Å². The number of nitrogens with zero attached hydrogens (tertiary/aromatic N) is 9. The number of H-pyrrole nitrogens is 1. The third-order valence-electron chi connectivity index (χ3n) is 13.9. The maximum absolute atomic E-state index is 11.6. The third kappa shape index (κ3) is 35.7. The lowest BCUT2D eigenvalue weighted by Gasteiger charge is -2.32. The molecule has 0 atom stereocenters. The van der Waals surface area contributed by atoms with Gasteiger partial charge in [-0.25, -0.2) is 15.1 Å². The second-order valence-corrected chi connectivity index (χ2v) is 22.6. The number of aromatic nitrogens is 2. The molecule has 1 fully saturated rings. The number of carboxylic acid groups (broad SMARTS) is 2. The summed E-state index contributed by atoms with van der Waals surface area (Å²) in [5, 5.41) is 93.4. The van der Waals surface area contributed by atoms with Gasteiger partial charge in [-0.2, -0.15) is 41.9 Å². The molecule has 30 nitrogen and oxygen atoms in total. The number of amides is 1. The third-order valence-corrected chi connectivity index (χ3v) is 13.9. The van der Waals surface area contributed by atoms with Crippen molar-refractivity contribution in [1.82, 2.24) is 20.6 Å². The Morgan fingerprint density at radius 3 is 1.14 bits per heavy atom. The number of carbonyl (C=O) groups excluding carboxylic acids is 1. The van der Waals surface area contributed by atoms with E-state index in [-0.39, 0.29) is 52.5 Å². The van der Waals surface area contributed by atoms with E-state index < -0.39 is 24.0 Å². The Morgan fingerprint density at radius 1 is 0.527 bits per heavy atom. The fourth-order valence-electron chi connectivity index (χ4n) is 8.61. The van der Waals surface area contributed by atoms with Crippen LogP contribution in [0.5, 0.6) is 46.0 Å². The molecule has 30 heteroatoms. The van der Waals surface area contributed by atoms with Crippen molar-refractivity contribution in [3.63, 3.8) is 0 Å². The first-order valence-electron chi connectivity index (χ1n) is 33.2. The van der Waals surface area contributed by atoms with Gasteiger partial charge in [0.15, 0.2) is 28.5 Å². The van der Waals surface area contributed by atoms with E-state index in [1.807, 2.05) is 185 Å². The number of nitrogens with one attached hydrogen (secondary N) is 2. The number of hydrogen-bond acceptors (Lipinski definition) is 26. The Hall–Kier alpha value is -14.6. The zero-order valence-corrected chi connectivity index (χ0v) is 62.9. The molecule has 0 unspecified atom stereocenters. The Bertz CT molecular complexity index is 4570. The predicted octanol–water partition coefficient (Wildman–Crippen LogP) is 15.1. The van der Waals surface area contributed by atoms with Crippen LogP contribution < -0.4 is 41.8 Å². The van der Waals surface area contributed by atoms with Gasteiger partial charge in [0.1, 0.15) is 93.9 Å². The maximum Gasteiger partial charge on any atom is 0.410 e. The van der Waals surface area contributed by atoms with E-state index in [1.165, 1.54) is 40.6 Å². The van der Waals surface area contributed by atoms with Crippen molar-refractivity contribution in [2.24, 2.45) is 17.6 Å². The van der Waals surface area contributed by atoms with Gasteiger partial charge < -0.3 is 73.4 Å². The number of allylic oxidation sites excluding steroid dienone is 2. The number of aromatic carboxylic acids is 1. The fraction of sp³-hybridized carbons (Fsp3) is 0.207. The number of benzene rings is 8. The highest BCUT2D eigenvalue weighted by atomic mass is 16.8. The van der Waals surface area contributed by atoms with Crippen LogP contribution in [0, 0.1) is 85.2 Å². The quantitative estimate of drug-likeness (QED) is 0.0130. The zero-order chi connectivity index (χ0) is 83.1. The first-order valence-corrected chi connectivity index (χ1v) is 33.2. The standard InChI is InChI=1S/C17H12N2O2.C16H12N4O.C16H10N2O2.C13H10O3.C11H19NO4.C4H10O3.C3H2N2.C2H7NO.H4N2/c1-20-17(14(11-18)12-19)13-7-9-16(10-8-13)21-15-5-3-2-4-6-15;17-10-14-15(19-20-16(14)18)11-6-8-13(9-7-11)21-12-4-2-1-3-5-12;17-10-13(11-18)16(19)12-6-8-15(9-7-12)20-14-4-2-1-3-5-14;14-13(15)10-6-8-12(9-7-10)16-11-4-2-1-3-5-11;1-11(2,3)16-10(15)12-6-4-8(5-7-12)9(13)14;1-5-4(6-2)7-3;4-2-1-3-5;1-3-4-2;1-2/h2-10H,1H3;1-9H,(H3,18,19,20);1-9,19H;1-9H,(H,14,15);8H,4-7H2,1-3H3,(H,13,14);4H,1-3H3;1H2;3H,1-2H3;1-2H2. The number of piperidine rings is 1. The molecule has 112 heavy (non-hydrogen) atoms. The molecule has 0 spiro atoms. The van der Waals surface area contributed by atoms with Crippen molar-refractivity contribution in [3.05, 3.63) is 252 Å². The van der Waals surface area contributed by atoms with Crippen LogP contribution in [-0.4, -0.2) is 116 Å². The monoisotopic (exact) mass is 1520 g/mol. The summed E-state index contributed by atoms with van der Waals surface area (Å²) in [5.41, 5.74) is 10.3. The van der Waals surface area contributed by atoms with E-state index in [2.05, 4.69) is 46.4 Å². The topological polar surface area (TPSA) is 493 Å². The number of ether oxygens (including phenoxy) is 9. The van der Waals surface area contributed by atoms with Gasteiger partial charge in [0.2, 0.25) is 0 Å². The number of para-hydroxylation sites is 4. The zero-order valence-electron chi connectivity index (χ0n) is 62.9. The van der Waals surface area contributed by atoms with Crippen molar-refractivity contribution in [1.29, 1.82) is 36.8 Å². The number of hydrazine groups is 1. The molecule has 0 bridgehead atoms. The van der Waals surface area contributed by atoms with Crippen LogP contribution in [0.4, 0.5) is 10.6 Å². The molecule has 1 aliphatic rings. The first-order chi connectivity index (χ1) is 54.0. The number of nitrogens with two attached hydrogens (primary N) is 3. The van der Waals surface area contributed by atoms with Gasteiger partial charge in [-0.15, -0.1) is 0 Å². The summed E-state index contributed by atoms with van der Waals surface area (Å²) in [6.45, 7) is 5.86. The molecule has 0 aliphatic carbocycles. The number of nitrogen functional groups attached to an aromatic ring is 1. The second-order valence-electron chi connectivity index (χ2n) is 22.6. The summed E-state index contributed by atoms with van der Waals surface area (Å²) in [5.74, 6) is 11.6. The van der Waals surface area contributed by atoms with E-state index in [0.29, 0.717) is 71.3 Å². The van der Waals surface area contributed by atoms with E-state index in [4.69, 9.17) is 81.2 Å². The molecule has 0 saturated carbocycles. The Kier molecular flexibility index (Phi) is 45.1. The van der Waals surface area contributed by atoms with E-state index >= 15 is 0 Å². The number of hydroxylamine groups is 1. The van der Waals surface area contributed by atoms with Gasteiger partial charge in [0.05, 0.1) is 43.5 Å². The largest absolute Gasteiger partial charge is 0.505 e. The summed E-state index contributed by atoms with van der Waals surface area (Å²) in [6, 6.07) is 77.0. The van der Waals surface area contributed by atoms with Crippen molar-refractivity contribution in [3.8, 4) is 99.7 Å². The van der Waals surface area contributed by atoms with E-state index in [9.17, 15) is 19.5 Å². The molecule has 1 amide bonds. The normalized spacial score (nSPS) is 10.4. The number of nitriles is 7. The van der Waals surface area contributed by atoms with Crippen molar-refractivity contribution in [2.75, 3.05) is 61.4 Å². The minimum atomic E-state index is -0.939. The number of likely N-dealkylation sites (tertiary alicyclic amines) is 1. The highest BCUT2D eigenvalue weighted by molar-refractivity contribution is 5.87. The summed E-state index contributed by atoms with van der Waals surface area (Å²) in [6.07, 6.45) is 0.666. The molecule has 0 radical (unpaired) electrons. The van der Waals surface area contributed by atoms with Crippen molar-refractivity contribution in [2.45, 2.75) is 52.1 Å². The Labute approximate surface area is 649 Å². The number of carbonyl (C=O) groups is 3. The molecule has 580 valence electrons. The van der Waals surface area contributed by atoms with Crippen molar-refractivity contribution < 1.29 is 77.2 Å². The van der Waals surface area contributed by atoms with Crippen LogP contribution in [0.15, 0.2) is 230 Å². The van der Waals surface area contributed by atoms with Crippen LogP contribution >= 0.6 is 0 Å². The number of hydrogen-bond donors (Lipinski definition) is 8. The molecule has 1 aliphatic heterocycles.